The van der Waals surface area contributed by atoms with Crippen molar-refractivity contribution in [2.45, 2.75) is 152 Å². The van der Waals surface area contributed by atoms with Gasteiger partial charge in [0, 0.05) is 55.4 Å². The Bertz CT molecular complexity index is 1870. The van der Waals surface area contributed by atoms with E-state index < -0.39 is 28.9 Å². The number of fused-ring (bicyclic) bond motifs is 7. The van der Waals surface area contributed by atoms with E-state index >= 15 is 0 Å². The van der Waals surface area contributed by atoms with Crippen LogP contribution in [0.15, 0.2) is 35.4 Å². The van der Waals surface area contributed by atoms with Gasteiger partial charge in [-0.1, -0.05) is 72.2 Å². The lowest BCUT2D eigenvalue weighted by molar-refractivity contribution is -0.235. The van der Waals surface area contributed by atoms with Crippen molar-refractivity contribution in [3.63, 3.8) is 0 Å². The maximum absolute atomic E-state index is 14.6. The number of nitrogens with zero attached hydrogens (tertiary/aromatic N) is 2. The Morgan fingerprint density at radius 1 is 0.933 bits per heavy atom. The van der Waals surface area contributed by atoms with Crippen molar-refractivity contribution in [3.05, 3.63) is 46.0 Å². The number of ether oxygens (including phenoxy) is 2. The molecule has 9 atom stereocenters. The van der Waals surface area contributed by atoms with E-state index in [-0.39, 0.29) is 57.8 Å². The van der Waals surface area contributed by atoms with Crippen LogP contribution < -0.4 is 0 Å². The summed E-state index contributed by atoms with van der Waals surface area (Å²) in [5, 5.41) is 10.4. The number of likely N-dealkylation sites (N-methyl/N-ethyl adjacent to an activating group) is 1. The lowest BCUT2D eigenvalue weighted by Gasteiger charge is -2.72. The van der Waals surface area contributed by atoms with Crippen LogP contribution in [0.25, 0.3) is 0 Å². The predicted molar refractivity (Wildman–Crippen MR) is 236 cm³/mol. The molecule has 0 amide bonds. The van der Waals surface area contributed by atoms with Crippen LogP contribution in [0.3, 0.4) is 0 Å². The van der Waals surface area contributed by atoms with Crippen molar-refractivity contribution >= 4 is 35.3 Å². The first-order valence-electron chi connectivity index (χ1n) is 22.8. The number of hydrogen-bond acceptors (Lipinski definition) is 8. The molecule has 0 aromatic heterocycles. The van der Waals surface area contributed by atoms with E-state index in [9.17, 15) is 24.3 Å². The molecule has 1 unspecified atom stereocenters. The van der Waals surface area contributed by atoms with E-state index in [2.05, 4.69) is 78.4 Å². The molecule has 4 fully saturated rings. The molecule has 1 aromatic carbocycles. The van der Waals surface area contributed by atoms with Gasteiger partial charge in [-0.05, 0) is 148 Å². The van der Waals surface area contributed by atoms with Crippen LogP contribution in [-0.4, -0.2) is 84.5 Å². The molecular weight excluding hydrogens is 776 g/mol. The quantitative estimate of drug-likeness (QED) is 0.183. The smallest absolute Gasteiger partial charge is 0.309 e. The van der Waals surface area contributed by atoms with Gasteiger partial charge >= 0.3 is 17.9 Å². The van der Waals surface area contributed by atoms with Gasteiger partial charge in [0.25, 0.3) is 0 Å². The van der Waals surface area contributed by atoms with Gasteiger partial charge in [0.15, 0.2) is 5.78 Å². The van der Waals surface area contributed by atoms with Crippen molar-refractivity contribution in [1.29, 1.82) is 0 Å². The van der Waals surface area contributed by atoms with E-state index in [0.717, 1.165) is 75.6 Å². The second-order valence-electron chi connectivity index (χ2n) is 22.3. The summed E-state index contributed by atoms with van der Waals surface area (Å²) in [6.07, 6.45) is 7.08. The molecule has 60 heavy (non-hydrogen) atoms. The van der Waals surface area contributed by atoms with Crippen LogP contribution in [0.2, 0.25) is 5.02 Å². The molecule has 0 radical (unpaired) electrons. The minimum Gasteiger partial charge on any atom is -0.481 e. The minimum absolute atomic E-state index is 0.000408. The predicted octanol–water partition coefficient (Wildman–Crippen LogP) is 10.0. The molecule has 0 spiro atoms. The van der Waals surface area contributed by atoms with Gasteiger partial charge < -0.3 is 19.5 Å². The average molecular weight is 852 g/mol. The highest BCUT2D eigenvalue weighted by Gasteiger charge is 2.71. The maximum atomic E-state index is 14.6. The van der Waals surface area contributed by atoms with Crippen LogP contribution >= 0.6 is 11.6 Å². The summed E-state index contributed by atoms with van der Waals surface area (Å²) in [5.74, 6) is -0.472. The Labute approximate surface area is 365 Å². The third-order valence-corrected chi connectivity index (χ3v) is 17.6. The second-order valence-corrected chi connectivity index (χ2v) is 22.8. The largest absolute Gasteiger partial charge is 0.481 e. The SMILES string of the molecule is CC(=O)OC(CN(CCN(C)C)Cc1cccc(Cl)c1)[C@@]12CC[C@]3(C)[C@H](CC[C@@H]4[C@@]5(C)CC[C@H](OC(=O)CC(C)(C)C(=O)O)C(C)(C)[C@@H]5CC[C@]43C)C1=C(C(C)C)C(=O)C2. The zero-order valence-electron chi connectivity index (χ0n) is 38.8. The standard InChI is InChI=1S/C50H75ClN2O7/c1-31(2)42-36(55)27-50(40(59-32(3)54)30-53(25-24-52(11)12)29-33-14-13-15-34(51)26-33)23-22-48(9)35(43(42)50)16-17-38-47(8)20-19-39(60-41(56)28-45(4,5)44(57)58)46(6,7)37(47)18-21-49(38,48)10/h13-15,26,31,35,37-40H,16-25,27-30H2,1-12H3,(H,57,58)/t35-,37+,38-,39+,40?,47+,48-,49-,50+/m1/s1. The summed E-state index contributed by atoms with van der Waals surface area (Å²) in [6, 6.07) is 7.98. The molecule has 5 aliphatic rings. The fourth-order valence-corrected chi connectivity index (χ4v) is 14.3. The molecule has 10 heteroatoms. The number of hydrogen-bond donors (Lipinski definition) is 1. The van der Waals surface area contributed by atoms with Gasteiger partial charge in [0.1, 0.15) is 12.2 Å². The lowest BCUT2D eigenvalue weighted by Crippen LogP contribution is -2.66. The van der Waals surface area contributed by atoms with Crippen LogP contribution in [0.5, 0.6) is 0 Å². The van der Waals surface area contributed by atoms with E-state index in [4.69, 9.17) is 21.1 Å². The maximum Gasteiger partial charge on any atom is 0.309 e. The van der Waals surface area contributed by atoms with Gasteiger partial charge in [-0.3, -0.25) is 24.1 Å². The Hall–Kier alpha value is -2.75. The number of ketones is 1. The van der Waals surface area contributed by atoms with Crippen molar-refractivity contribution in [2.24, 2.45) is 56.2 Å². The summed E-state index contributed by atoms with van der Waals surface area (Å²) < 4.78 is 12.7. The van der Waals surface area contributed by atoms with Gasteiger partial charge in [0.2, 0.25) is 0 Å². The van der Waals surface area contributed by atoms with Crippen LogP contribution in [-0.2, 0) is 35.2 Å². The fraction of sp³-hybridized carbons (Fsp3) is 0.760. The third kappa shape index (κ3) is 8.15. The van der Waals surface area contributed by atoms with Crippen molar-refractivity contribution in [3.8, 4) is 0 Å². The average Bonchev–Trinajstić information content (AvgIpc) is 3.44. The molecule has 334 valence electrons. The summed E-state index contributed by atoms with van der Waals surface area (Å²) in [5.41, 5.74) is 1.30. The van der Waals surface area contributed by atoms with Crippen molar-refractivity contribution in [1.82, 2.24) is 9.80 Å². The number of halogens is 1. The third-order valence-electron chi connectivity index (χ3n) is 17.4. The minimum atomic E-state index is -1.18. The molecule has 1 aromatic rings. The number of benzene rings is 1. The monoisotopic (exact) mass is 851 g/mol. The first-order valence-corrected chi connectivity index (χ1v) is 23.2. The Kier molecular flexibility index (Phi) is 13.0. The summed E-state index contributed by atoms with van der Waals surface area (Å²) in [7, 11) is 4.15. The number of aliphatic carboxylic acids is 1. The number of esters is 2. The van der Waals surface area contributed by atoms with Crippen LogP contribution in [0, 0.1) is 56.2 Å². The van der Waals surface area contributed by atoms with Gasteiger partial charge in [-0.2, -0.15) is 0 Å². The second kappa shape index (κ2) is 16.7. The number of Topliss-reactive ketones (excluding diaryl/α,β-unsaturated/α-hetero) is 1. The summed E-state index contributed by atoms with van der Waals surface area (Å²) in [4.78, 5) is 57.4. The molecule has 0 heterocycles. The molecule has 0 aliphatic heterocycles. The topological polar surface area (TPSA) is 113 Å². The van der Waals surface area contributed by atoms with Crippen LogP contribution in [0.4, 0.5) is 0 Å². The molecule has 5 aliphatic carbocycles. The molecule has 4 saturated carbocycles. The first-order chi connectivity index (χ1) is 27.8. The molecule has 0 saturated heterocycles. The molecule has 9 nitrogen and oxygen atoms in total. The van der Waals surface area contributed by atoms with E-state index in [0.29, 0.717) is 36.4 Å². The van der Waals surface area contributed by atoms with Gasteiger partial charge in [0.05, 0.1) is 11.8 Å². The normalized spacial score (nSPS) is 34.2. The van der Waals surface area contributed by atoms with Crippen molar-refractivity contribution in [2.75, 3.05) is 33.7 Å². The van der Waals surface area contributed by atoms with Crippen LogP contribution in [0.1, 0.15) is 139 Å². The Morgan fingerprint density at radius 2 is 1.63 bits per heavy atom. The highest BCUT2D eigenvalue weighted by atomic mass is 35.5. The first kappa shape index (κ1) is 46.7. The molecule has 6 rings (SSSR count). The fourth-order valence-electron chi connectivity index (χ4n) is 14.1. The molecule has 0 bridgehead atoms. The lowest BCUT2D eigenvalue weighted by atomic mass is 9.33. The number of carboxylic acids is 1. The number of rotatable bonds is 14. The zero-order chi connectivity index (χ0) is 44.4. The molecular formula is C50H75ClN2O7. The van der Waals surface area contributed by atoms with Gasteiger partial charge in [-0.15, -0.1) is 0 Å². The highest BCUT2D eigenvalue weighted by molar-refractivity contribution is 6.30. The van der Waals surface area contributed by atoms with Gasteiger partial charge in [-0.25, -0.2) is 0 Å². The van der Waals surface area contributed by atoms with Crippen molar-refractivity contribution < 1.29 is 33.8 Å². The highest BCUT2D eigenvalue weighted by Crippen LogP contribution is 2.77. The Morgan fingerprint density at radius 3 is 2.25 bits per heavy atom. The number of allylic oxidation sites excluding steroid dienone is 1. The van der Waals surface area contributed by atoms with E-state index in [1.54, 1.807) is 13.8 Å². The number of carbonyl (C=O) groups excluding carboxylic acids is 3. The summed E-state index contributed by atoms with van der Waals surface area (Å²) >= 11 is 6.46. The van der Waals surface area contributed by atoms with E-state index in [1.807, 2.05) is 18.2 Å². The number of carbonyl (C=O) groups is 4. The van der Waals surface area contributed by atoms with E-state index in [1.165, 1.54) is 12.5 Å². The molecule has 1 N–H and O–H groups in total. The summed E-state index contributed by atoms with van der Waals surface area (Å²) in [6.45, 7) is 24.0. The zero-order valence-corrected chi connectivity index (χ0v) is 39.6. The Balaban J connectivity index is 1.34. The number of carboxylic acid groups (broad SMARTS) is 1.